The van der Waals surface area contributed by atoms with Crippen molar-refractivity contribution in [3.05, 3.63) is 29.3 Å². The second-order valence-electron chi connectivity index (χ2n) is 7.13. The highest BCUT2D eigenvalue weighted by Gasteiger charge is 2.32. The van der Waals surface area contributed by atoms with Gasteiger partial charge in [-0.25, -0.2) is 4.98 Å². The van der Waals surface area contributed by atoms with Crippen LogP contribution in [0.1, 0.15) is 37.1 Å². The molecule has 1 atom stereocenters. The summed E-state index contributed by atoms with van der Waals surface area (Å²) in [4.78, 5) is 19.2. The van der Waals surface area contributed by atoms with Gasteiger partial charge in [-0.2, -0.15) is 0 Å². The molecule has 3 heterocycles. The lowest BCUT2D eigenvalue weighted by Gasteiger charge is -2.34. The fourth-order valence-electron chi connectivity index (χ4n) is 3.84. The Morgan fingerprint density at radius 1 is 1.23 bits per heavy atom. The van der Waals surface area contributed by atoms with Gasteiger partial charge in [-0.15, -0.1) is 11.3 Å². The Bertz CT molecular complexity index is 708. The second-order valence-corrected chi connectivity index (χ2v) is 8.25. The predicted octanol–water partition coefficient (Wildman–Crippen LogP) is 3.62. The van der Waals surface area contributed by atoms with Gasteiger partial charge >= 0.3 is 0 Å². The van der Waals surface area contributed by atoms with Crippen molar-refractivity contribution in [2.75, 3.05) is 26.3 Å². The Morgan fingerprint density at radius 3 is 2.92 bits per heavy atom. The summed E-state index contributed by atoms with van der Waals surface area (Å²) >= 11 is 1.76. The van der Waals surface area contributed by atoms with E-state index < -0.39 is 0 Å². The van der Waals surface area contributed by atoms with Crippen molar-refractivity contribution in [2.24, 2.45) is 5.92 Å². The minimum absolute atomic E-state index is 0.107. The van der Waals surface area contributed by atoms with Crippen molar-refractivity contribution in [3.8, 4) is 0 Å². The molecular formula is C20H26N2O3S. The second kappa shape index (κ2) is 8.46. The van der Waals surface area contributed by atoms with Crippen molar-refractivity contribution >= 4 is 27.5 Å². The molecule has 2 aromatic rings. The zero-order chi connectivity index (χ0) is 17.8. The lowest BCUT2D eigenvalue weighted by Crippen LogP contribution is -2.43. The van der Waals surface area contributed by atoms with Crippen molar-refractivity contribution in [3.63, 3.8) is 0 Å². The molecular weight excluding hydrogens is 348 g/mol. The van der Waals surface area contributed by atoms with Crippen LogP contribution in [0.2, 0.25) is 0 Å². The van der Waals surface area contributed by atoms with Gasteiger partial charge in [-0.1, -0.05) is 12.1 Å². The lowest BCUT2D eigenvalue weighted by molar-refractivity contribution is -0.139. The Labute approximate surface area is 158 Å². The molecule has 140 valence electrons. The Kier molecular flexibility index (Phi) is 5.82. The summed E-state index contributed by atoms with van der Waals surface area (Å²) in [6.07, 6.45) is 5.55. The molecule has 2 aliphatic rings. The number of likely N-dealkylation sites (tertiary alicyclic amines) is 1. The van der Waals surface area contributed by atoms with E-state index in [9.17, 15) is 4.79 Å². The highest BCUT2D eigenvalue weighted by Crippen LogP contribution is 2.26. The predicted molar refractivity (Wildman–Crippen MR) is 102 cm³/mol. The molecule has 0 bridgehead atoms. The minimum Gasteiger partial charge on any atom is -0.350 e. The minimum atomic E-state index is -0.107. The third kappa shape index (κ3) is 4.24. The number of unbranched alkanes of at least 4 members (excludes halogenated alkanes) is 1. The number of hydrogen-bond donors (Lipinski definition) is 0. The van der Waals surface area contributed by atoms with Crippen LogP contribution in [0, 0.1) is 5.92 Å². The van der Waals surface area contributed by atoms with Gasteiger partial charge < -0.3 is 14.4 Å². The lowest BCUT2D eigenvalue weighted by atomic mass is 9.97. The molecule has 2 saturated heterocycles. The van der Waals surface area contributed by atoms with Gasteiger partial charge in [0.05, 0.1) is 28.4 Å². The van der Waals surface area contributed by atoms with Gasteiger partial charge in [0.1, 0.15) is 0 Å². The summed E-state index contributed by atoms with van der Waals surface area (Å²) < 4.78 is 12.5. The highest BCUT2D eigenvalue weighted by molar-refractivity contribution is 7.18. The molecule has 0 saturated carbocycles. The van der Waals surface area contributed by atoms with E-state index in [1.54, 1.807) is 11.3 Å². The number of amides is 1. The van der Waals surface area contributed by atoms with Gasteiger partial charge in [0.15, 0.2) is 6.29 Å². The zero-order valence-electron chi connectivity index (χ0n) is 15.1. The molecule has 2 aliphatic heterocycles. The molecule has 1 unspecified atom stereocenters. The number of ether oxygens (including phenoxy) is 2. The largest absolute Gasteiger partial charge is 0.350 e. The van der Waals surface area contributed by atoms with Gasteiger partial charge in [-0.3, -0.25) is 4.79 Å². The van der Waals surface area contributed by atoms with E-state index in [1.807, 2.05) is 11.0 Å². The van der Waals surface area contributed by atoms with Gasteiger partial charge in [-0.05, 0) is 44.2 Å². The summed E-state index contributed by atoms with van der Waals surface area (Å²) in [5, 5.41) is 1.17. The van der Waals surface area contributed by atoms with Crippen LogP contribution in [0.3, 0.4) is 0 Å². The van der Waals surface area contributed by atoms with E-state index in [-0.39, 0.29) is 12.2 Å². The Hall–Kier alpha value is -1.50. The van der Waals surface area contributed by atoms with Crippen molar-refractivity contribution in [1.82, 2.24) is 9.88 Å². The SMILES string of the molecule is O=C(CCCCc1nc2ccccc2s1)N1CCCC(C2OCCO2)C1. The van der Waals surface area contributed by atoms with Crippen LogP contribution in [0.5, 0.6) is 0 Å². The fraction of sp³-hybridized carbons (Fsp3) is 0.600. The number of rotatable bonds is 6. The summed E-state index contributed by atoms with van der Waals surface area (Å²) in [6, 6.07) is 8.25. The normalized spacial score (nSPS) is 21.5. The maximum atomic E-state index is 12.5. The molecule has 0 radical (unpaired) electrons. The van der Waals surface area contributed by atoms with Crippen LogP contribution in [0.4, 0.5) is 0 Å². The first kappa shape index (κ1) is 17.9. The number of carbonyl (C=O) groups excluding carboxylic acids is 1. The average molecular weight is 375 g/mol. The van der Waals surface area contributed by atoms with E-state index in [1.165, 1.54) is 9.71 Å². The molecule has 1 aromatic heterocycles. The zero-order valence-corrected chi connectivity index (χ0v) is 15.9. The summed E-state index contributed by atoms with van der Waals surface area (Å²) in [6.45, 7) is 3.02. The number of carbonyl (C=O) groups is 1. The fourth-order valence-corrected chi connectivity index (χ4v) is 4.85. The smallest absolute Gasteiger partial charge is 0.222 e. The first-order valence-corrected chi connectivity index (χ1v) is 10.5. The number of hydrogen-bond acceptors (Lipinski definition) is 5. The molecule has 4 rings (SSSR count). The Morgan fingerprint density at radius 2 is 2.08 bits per heavy atom. The van der Waals surface area contributed by atoms with Crippen molar-refractivity contribution in [2.45, 2.75) is 44.8 Å². The molecule has 2 fully saturated rings. The maximum Gasteiger partial charge on any atom is 0.222 e. The van der Waals surface area contributed by atoms with Crippen LogP contribution < -0.4 is 0 Å². The molecule has 0 aliphatic carbocycles. The Balaban J connectivity index is 1.21. The van der Waals surface area contributed by atoms with Crippen LogP contribution in [-0.2, 0) is 20.7 Å². The standard InChI is InChI=1S/C20H26N2O3S/c23-19(22-11-5-6-15(14-22)20-24-12-13-25-20)10-4-3-9-18-21-16-7-1-2-8-17(16)26-18/h1-2,7-8,15,20H,3-6,9-14H2. The van der Waals surface area contributed by atoms with Gasteiger partial charge in [0, 0.05) is 25.4 Å². The van der Waals surface area contributed by atoms with Crippen LogP contribution in [-0.4, -0.2) is 48.4 Å². The van der Waals surface area contributed by atoms with Crippen molar-refractivity contribution < 1.29 is 14.3 Å². The first-order valence-electron chi connectivity index (χ1n) is 9.65. The van der Waals surface area contributed by atoms with Gasteiger partial charge in [0.25, 0.3) is 0 Å². The molecule has 1 aromatic carbocycles. The topological polar surface area (TPSA) is 51.7 Å². The summed E-state index contributed by atoms with van der Waals surface area (Å²) in [5.74, 6) is 0.606. The number of thiazole rings is 1. The van der Waals surface area contributed by atoms with E-state index in [2.05, 4.69) is 23.2 Å². The molecule has 26 heavy (non-hydrogen) atoms. The number of nitrogens with zero attached hydrogens (tertiary/aromatic N) is 2. The average Bonchev–Trinajstić information content (AvgIpc) is 3.34. The maximum absolute atomic E-state index is 12.5. The van der Waals surface area contributed by atoms with E-state index >= 15 is 0 Å². The molecule has 1 amide bonds. The molecule has 5 nitrogen and oxygen atoms in total. The van der Waals surface area contributed by atoms with Crippen LogP contribution in [0.15, 0.2) is 24.3 Å². The number of piperidine rings is 1. The molecule has 0 spiro atoms. The summed E-state index contributed by atoms with van der Waals surface area (Å²) in [7, 11) is 0. The number of benzene rings is 1. The van der Waals surface area contributed by atoms with Crippen LogP contribution in [0.25, 0.3) is 10.2 Å². The van der Waals surface area contributed by atoms with E-state index in [0.717, 1.165) is 50.7 Å². The van der Waals surface area contributed by atoms with Crippen LogP contribution >= 0.6 is 11.3 Å². The third-order valence-electron chi connectivity index (χ3n) is 5.21. The number of aryl methyl sites for hydroxylation is 1. The summed E-state index contributed by atoms with van der Waals surface area (Å²) in [5.41, 5.74) is 1.08. The van der Waals surface area contributed by atoms with Crippen molar-refractivity contribution in [1.29, 1.82) is 0 Å². The first-order chi connectivity index (χ1) is 12.8. The van der Waals surface area contributed by atoms with E-state index in [0.29, 0.717) is 25.6 Å². The number of aromatic nitrogens is 1. The molecule has 6 heteroatoms. The number of para-hydroxylation sites is 1. The van der Waals surface area contributed by atoms with E-state index in [4.69, 9.17) is 9.47 Å². The molecule has 0 N–H and O–H groups in total. The quantitative estimate of drug-likeness (QED) is 0.725. The highest BCUT2D eigenvalue weighted by atomic mass is 32.1. The van der Waals surface area contributed by atoms with Gasteiger partial charge in [0.2, 0.25) is 5.91 Å². The third-order valence-corrected chi connectivity index (χ3v) is 6.31. The number of fused-ring (bicyclic) bond motifs is 1. The monoisotopic (exact) mass is 374 g/mol.